The molecule has 0 amide bonds. The lowest BCUT2D eigenvalue weighted by Gasteiger charge is -2.12. The first-order valence-corrected chi connectivity index (χ1v) is 9.19. The van der Waals surface area contributed by atoms with Gasteiger partial charge >= 0.3 is 0 Å². The van der Waals surface area contributed by atoms with Gasteiger partial charge in [-0.15, -0.1) is 0 Å². The summed E-state index contributed by atoms with van der Waals surface area (Å²) in [5.41, 5.74) is 5.21. The summed E-state index contributed by atoms with van der Waals surface area (Å²) in [5.74, 6) is 0. The van der Waals surface area contributed by atoms with Gasteiger partial charge in [0, 0.05) is 11.9 Å². The summed E-state index contributed by atoms with van der Waals surface area (Å²) in [7, 11) is 0. The molecule has 4 nitrogen and oxygen atoms in total. The molecule has 3 rings (SSSR count). The van der Waals surface area contributed by atoms with Crippen molar-refractivity contribution in [3.63, 3.8) is 0 Å². The Bertz CT molecular complexity index is 952. The Morgan fingerprint density at radius 3 is 2.69 bits per heavy atom. The Morgan fingerprint density at radius 2 is 1.92 bits per heavy atom. The quantitative estimate of drug-likeness (QED) is 0.550. The molecule has 0 aliphatic carbocycles. The Kier molecular flexibility index (Phi) is 5.81. The van der Waals surface area contributed by atoms with E-state index >= 15 is 0 Å². The minimum Gasteiger partial charge on any atom is -0.332 e. The molecule has 1 heterocycles. The summed E-state index contributed by atoms with van der Waals surface area (Å²) in [6.45, 7) is 4.73. The summed E-state index contributed by atoms with van der Waals surface area (Å²) >= 11 is 17.4. The highest BCUT2D eigenvalue weighted by atomic mass is 35.5. The van der Waals surface area contributed by atoms with Crippen molar-refractivity contribution < 1.29 is 0 Å². The molecule has 0 atom stereocenters. The van der Waals surface area contributed by atoms with Gasteiger partial charge in [0.15, 0.2) is 5.11 Å². The molecule has 3 aromatic rings. The maximum absolute atomic E-state index is 6.06. The van der Waals surface area contributed by atoms with Crippen LogP contribution in [-0.2, 0) is 6.54 Å². The van der Waals surface area contributed by atoms with E-state index in [0.717, 1.165) is 16.9 Å². The molecule has 26 heavy (non-hydrogen) atoms. The molecule has 0 aliphatic rings. The summed E-state index contributed by atoms with van der Waals surface area (Å²) in [4.78, 5) is 0. The smallest absolute Gasteiger partial charge is 0.175 e. The lowest BCUT2D eigenvalue weighted by atomic mass is 10.1. The highest BCUT2D eigenvalue weighted by Gasteiger charge is 2.06. The monoisotopic (exact) mass is 404 g/mol. The Morgan fingerprint density at radius 1 is 1.12 bits per heavy atom. The molecule has 0 aliphatic heterocycles. The van der Waals surface area contributed by atoms with Crippen molar-refractivity contribution in [1.82, 2.24) is 9.78 Å². The molecule has 0 saturated heterocycles. The molecular weight excluding hydrogens is 387 g/mol. The molecule has 7 heteroatoms. The fourth-order valence-corrected chi connectivity index (χ4v) is 3.06. The van der Waals surface area contributed by atoms with E-state index in [1.165, 1.54) is 11.1 Å². The molecule has 0 saturated carbocycles. The zero-order valence-corrected chi connectivity index (χ0v) is 16.7. The largest absolute Gasteiger partial charge is 0.332 e. The molecule has 2 aromatic carbocycles. The van der Waals surface area contributed by atoms with E-state index in [-0.39, 0.29) is 0 Å². The second-order valence-electron chi connectivity index (χ2n) is 6.00. The number of thiocarbonyl (C=S) groups is 1. The molecular formula is C19H18Cl2N4S. The minimum absolute atomic E-state index is 0.521. The van der Waals surface area contributed by atoms with Gasteiger partial charge in [0.1, 0.15) is 0 Å². The van der Waals surface area contributed by atoms with Gasteiger partial charge in [0.25, 0.3) is 0 Å². The van der Waals surface area contributed by atoms with Crippen LogP contribution in [0, 0.1) is 13.8 Å². The number of benzene rings is 2. The molecule has 0 spiro atoms. The number of nitrogens with one attached hydrogen (secondary N) is 2. The molecule has 0 unspecified atom stereocenters. The van der Waals surface area contributed by atoms with Crippen LogP contribution >= 0.6 is 35.4 Å². The van der Waals surface area contributed by atoms with Crippen LogP contribution in [0.3, 0.4) is 0 Å². The van der Waals surface area contributed by atoms with Gasteiger partial charge in [0.2, 0.25) is 0 Å². The normalized spacial score (nSPS) is 10.6. The first-order chi connectivity index (χ1) is 12.4. The summed E-state index contributed by atoms with van der Waals surface area (Å²) in [6.07, 6.45) is 3.62. The number of halogens is 2. The zero-order valence-electron chi connectivity index (χ0n) is 14.4. The molecule has 0 bridgehead atoms. The van der Waals surface area contributed by atoms with Gasteiger partial charge in [-0.3, -0.25) is 4.68 Å². The van der Waals surface area contributed by atoms with Crippen LogP contribution in [0.1, 0.15) is 16.7 Å². The number of aryl methyl sites for hydroxylation is 1. The maximum Gasteiger partial charge on any atom is 0.175 e. The number of hydrogen-bond acceptors (Lipinski definition) is 2. The summed E-state index contributed by atoms with van der Waals surface area (Å²) < 4.78 is 1.81. The van der Waals surface area contributed by atoms with Crippen LogP contribution < -0.4 is 10.6 Å². The highest BCUT2D eigenvalue weighted by Crippen LogP contribution is 2.23. The van der Waals surface area contributed by atoms with Gasteiger partial charge in [-0.1, -0.05) is 41.4 Å². The van der Waals surface area contributed by atoms with E-state index in [1.54, 1.807) is 12.3 Å². The van der Waals surface area contributed by atoms with Gasteiger partial charge < -0.3 is 10.6 Å². The summed E-state index contributed by atoms with van der Waals surface area (Å²) in [6, 6.07) is 11.6. The van der Waals surface area contributed by atoms with E-state index in [0.29, 0.717) is 21.7 Å². The van der Waals surface area contributed by atoms with Crippen molar-refractivity contribution in [3.05, 3.63) is 75.5 Å². The predicted molar refractivity (Wildman–Crippen MR) is 114 cm³/mol. The Labute approximate surface area is 168 Å². The molecule has 2 N–H and O–H groups in total. The van der Waals surface area contributed by atoms with Gasteiger partial charge in [-0.25, -0.2) is 0 Å². The minimum atomic E-state index is 0.521. The second kappa shape index (κ2) is 8.08. The van der Waals surface area contributed by atoms with Crippen LogP contribution in [0.5, 0.6) is 0 Å². The zero-order chi connectivity index (χ0) is 18.7. The third-order valence-electron chi connectivity index (χ3n) is 4.07. The Balaban J connectivity index is 1.63. The van der Waals surface area contributed by atoms with Crippen LogP contribution in [0.4, 0.5) is 11.4 Å². The van der Waals surface area contributed by atoms with Crippen LogP contribution in [-0.4, -0.2) is 14.9 Å². The molecule has 0 fully saturated rings. The lowest BCUT2D eigenvalue weighted by molar-refractivity contribution is 0.687. The van der Waals surface area contributed by atoms with Crippen molar-refractivity contribution in [2.24, 2.45) is 0 Å². The maximum atomic E-state index is 6.06. The van der Waals surface area contributed by atoms with E-state index in [4.69, 9.17) is 35.4 Å². The molecule has 134 valence electrons. The van der Waals surface area contributed by atoms with Crippen molar-refractivity contribution in [2.45, 2.75) is 20.4 Å². The summed E-state index contributed by atoms with van der Waals surface area (Å²) in [5, 5.41) is 12.3. The third kappa shape index (κ3) is 4.55. The third-order valence-corrected chi connectivity index (χ3v) is 5.02. The fraction of sp³-hybridized carbons (Fsp3) is 0.158. The van der Waals surface area contributed by atoms with Crippen LogP contribution in [0.15, 0.2) is 48.8 Å². The van der Waals surface area contributed by atoms with E-state index < -0.39 is 0 Å². The second-order valence-corrected chi connectivity index (χ2v) is 7.22. The van der Waals surface area contributed by atoms with Crippen molar-refractivity contribution in [2.75, 3.05) is 10.6 Å². The predicted octanol–water partition coefficient (Wildman–Crippen LogP) is 5.66. The van der Waals surface area contributed by atoms with E-state index in [9.17, 15) is 0 Å². The first kappa shape index (κ1) is 18.7. The van der Waals surface area contributed by atoms with Crippen molar-refractivity contribution in [3.8, 4) is 0 Å². The highest BCUT2D eigenvalue weighted by molar-refractivity contribution is 7.80. The van der Waals surface area contributed by atoms with Crippen LogP contribution in [0.25, 0.3) is 0 Å². The first-order valence-electron chi connectivity index (χ1n) is 8.03. The average molecular weight is 405 g/mol. The van der Waals surface area contributed by atoms with E-state index in [1.807, 2.05) is 35.1 Å². The molecule has 0 radical (unpaired) electrons. The number of nitrogens with zero attached hydrogens (tertiary/aromatic N) is 2. The Hall–Kier alpha value is -2.08. The number of hydrogen-bond donors (Lipinski definition) is 2. The van der Waals surface area contributed by atoms with E-state index in [2.05, 4.69) is 35.6 Å². The number of aromatic nitrogens is 2. The number of rotatable bonds is 4. The van der Waals surface area contributed by atoms with Crippen molar-refractivity contribution in [1.29, 1.82) is 0 Å². The molecule has 1 aromatic heterocycles. The fourth-order valence-electron chi connectivity index (χ4n) is 2.51. The number of anilines is 2. The van der Waals surface area contributed by atoms with Gasteiger partial charge in [-0.2, -0.15) is 5.10 Å². The van der Waals surface area contributed by atoms with Gasteiger partial charge in [0.05, 0.1) is 28.5 Å². The van der Waals surface area contributed by atoms with Crippen LogP contribution in [0.2, 0.25) is 10.0 Å². The average Bonchev–Trinajstić information content (AvgIpc) is 3.02. The van der Waals surface area contributed by atoms with Gasteiger partial charge in [-0.05, 0) is 61.0 Å². The SMILES string of the molecule is Cc1cccc(NC(=S)Nc2cnn(Cc3ccc(Cl)c(Cl)c3)c2)c1C. The lowest BCUT2D eigenvalue weighted by Crippen LogP contribution is -2.19. The topological polar surface area (TPSA) is 41.9 Å². The van der Waals surface area contributed by atoms with Crippen molar-refractivity contribution >= 4 is 51.9 Å². The standard InChI is InChI=1S/C19H18Cl2N4S/c1-12-4-3-5-18(13(12)2)24-19(26)23-15-9-22-25(11-15)10-14-6-7-16(20)17(21)8-14/h3-9,11H,10H2,1-2H3,(H2,23,24,26).